The molecule has 0 saturated carbocycles. The second-order valence-corrected chi connectivity index (χ2v) is 4.41. The van der Waals surface area contributed by atoms with Crippen molar-refractivity contribution in [3.05, 3.63) is 12.2 Å². The molecule has 0 saturated heterocycles. The molecule has 0 spiro atoms. The van der Waals surface area contributed by atoms with Gasteiger partial charge in [0.05, 0.1) is 0 Å². The van der Waals surface area contributed by atoms with Gasteiger partial charge in [-0.25, -0.2) is 0 Å². The minimum atomic E-state index is 0.628. The van der Waals surface area contributed by atoms with Gasteiger partial charge in [-0.3, -0.25) is 4.90 Å². The number of hydrogen-bond donors (Lipinski definition) is 1. The van der Waals surface area contributed by atoms with Crippen LogP contribution in [0, 0.1) is 0 Å². The molecule has 0 radical (unpaired) electrons. The van der Waals surface area contributed by atoms with E-state index in [9.17, 15) is 0 Å². The van der Waals surface area contributed by atoms with E-state index >= 15 is 0 Å². The molecular formula is C10H22N2S. The highest BCUT2D eigenvalue weighted by Crippen LogP contribution is 2.05. The molecule has 0 aliphatic rings. The summed E-state index contributed by atoms with van der Waals surface area (Å²) in [5.41, 5.74) is 1.25. The quantitative estimate of drug-likeness (QED) is 0.629. The summed E-state index contributed by atoms with van der Waals surface area (Å²) in [5.74, 6) is 1.18. The van der Waals surface area contributed by atoms with E-state index < -0.39 is 0 Å². The highest BCUT2D eigenvalue weighted by Gasteiger charge is 2.08. The van der Waals surface area contributed by atoms with E-state index in [1.54, 1.807) is 0 Å². The first kappa shape index (κ1) is 13.0. The zero-order valence-electron chi connectivity index (χ0n) is 9.26. The summed E-state index contributed by atoms with van der Waals surface area (Å²) in [6.07, 6.45) is 2.15. The third-order valence-corrected chi connectivity index (χ3v) is 2.88. The second-order valence-electron chi connectivity index (χ2n) is 3.50. The topological polar surface area (TPSA) is 15.3 Å². The average Bonchev–Trinajstić information content (AvgIpc) is 2.05. The molecule has 13 heavy (non-hydrogen) atoms. The Morgan fingerprint density at radius 3 is 2.69 bits per heavy atom. The predicted molar refractivity (Wildman–Crippen MR) is 63.5 cm³/mol. The van der Waals surface area contributed by atoms with E-state index in [2.05, 4.69) is 37.0 Å². The fraction of sp³-hybridized carbons (Fsp3) is 0.800. The molecule has 0 aliphatic carbocycles. The monoisotopic (exact) mass is 202 g/mol. The number of nitrogens with zero attached hydrogens (tertiary/aromatic N) is 1. The molecule has 0 aliphatic heterocycles. The molecule has 0 rings (SSSR count). The van der Waals surface area contributed by atoms with Crippen molar-refractivity contribution < 1.29 is 0 Å². The molecular weight excluding hydrogens is 180 g/mol. The normalized spacial score (nSPS) is 13.3. The fourth-order valence-electron chi connectivity index (χ4n) is 1.18. The Morgan fingerprint density at radius 1 is 1.62 bits per heavy atom. The van der Waals surface area contributed by atoms with Crippen LogP contribution >= 0.6 is 11.8 Å². The molecule has 1 N–H and O–H groups in total. The van der Waals surface area contributed by atoms with Gasteiger partial charge in [-0.1, -0.05) is 6.58 Å². The van der Waals surface area contributed by atoms with Gasteiger partial charge in [-0.2, -0.15) is 11.8 Å². The highest BCUT2D eigenvalue weighted by molar-refractivity contribution is 7.98. The molecule has 3 heteroatoms. The molecule has 0 aromatic carbocycles. The lowest BCUT2D eigenvalue weighted by molar-refractivity contribution is 0.299. The zero-order valence-corrected chi connectivity index (χ0v) is 10.1. The lowest BCUT2D eigenvalue weighted by atomic mass is 10.2. The lowest BCUT2D eigenvalue weighted by Crippen LogP contribution is -2.34. The summed E-state index contributed by atoms with van der Waals surface area (Å²) in [6.45, 7) is 8.17. The van der Waals surface area contributed by atoms with E-state index in [-0.39, 0.29) is 0 Å². The maximum atomic E-state index is 4.02. The number of likely N-dealkylation sites (N-methyl/N-ethyl adjacent to an activating group) is 2. The Morgan fingerprint density at radius 2 is 2.23 bits per heavy atom. The van der Waals surface area contributed by atoms with Gasteiger partial charge in [-0.05, 0) is 32.8 Å². The minimum absolute atomic E-state index is 0.628. The highest BCUT2D eigenvalue weighted by atomic mass is 32.2. The summed E-state index contributed by atoms with van der Waals surface area (Å²) < 4.78 is 0. The number of rotatable bonds is 7. The smallest absolute Gasteiger partial charge is 0.0202 e. The van der Waals surface area contributed by atoms with Gasteiger partial charge in [0.2, 0.25) is 0 Å². The molecule has 0 aromatic rings. The lowest BCUT2D eigenvalue weighted by Gasteiger charge is -2.24. The Balaban J connectivity index is 3.71. The zero-order chi connectivity index (χ0) is 10.3. The Hall–Kier alpha value is 0.0100. The first-order valence-corrected chi connectivity index (χ1v) is 6.01. The minimum Gasteiger partial charge on any atom is -0.316 e. The fourth-order valence-corrected chi connectivity index (χ4v) is 1.92. The number of thioether (sulfide) groups is 1. The maximum Gasteiger partial charge on any atom is 0.0202 e. The van der Waals surface area contributed by atoms with E-state index in [1.807, 2.05) is 18.8 Å². The maximum absolute atomic E-state index is 4.02. The average molecular weight is 202 g/mol. The van der Waals surface area contributed by atoms with Crippen molar-refractivity contribution in [3.8, 4) is 0 Å². The van der Waals surface area contributed by atoms with Crippen LogP contribution in [0.3, 0.4) is 0 Å². The summed E-state index contributed by atoms with van der Waals surface area (Å²) in [5, 5.41) is 3.11. The van der Waals surface area contributed by atoms with E-state index in [4.69, 9.17) is 0 Å². The van der Waals surface area contributed by atoms with Gasteiger partial charge in [0.1, 0.15) is 0 Å². The Kier molecular flexibility index (Phi) is 7.42. The number of nitrogens with one attached hydrogen (secondary N) is 1. The molecule has 0 aromatic heterocycles. The SMILES string of the molecule is C=C(CNC)CN(C)C(C)CSC. The van der Waals surface area contributed by atoms with Gasteiger partial charge in [0.25, 0.3) is 0 Å². The first-order chi connectivity index (χ1) is 6.11. The van der Waals surface area contributed by atoms with Gasteiger partial charge in [0.15, 0.2) is 0 Å². The third kappa shape index (κ3) is 6.13. The summed E-state index contributed by atoms with van der Waals surface area (Å²) in [4.78, 5) is 2.34. The molecule has 0 bridgehead atoms. The summed E-state index contributed by atoms with van der Waals surface area (Å²) in [7, 11) is 4.11. The standard InChI is InChI=1S/C10H22N2S/c1-9(6-11-3)7-12(4)10(2)8-13-5/h10-11H,1,6-8H2,2-5H3. The van der Waals surface area contributed by atoms with E-state index in [0.29, 0.717) is 6.04 Å². The predicted octanol–water partition coefficient (Wildman–Crippen LogP) is 1.45. The largest absolute Gasteiger partial charge is 0.316 e. The van der Waals surface area contributed by atoms with Crippen molar-refractivity contribution in [1.82, 2.24) is 10.2 Å². The Labute approximate surface area is 86.8 Å². The van der Waals surface area contributed by atoms with Gasteiger partial charge >= 0.3 is 0 Å². The van der Waals surface area contributed by atoms with Gasteiger partial charge < -0.3 is 5.32 Å². The van der Waals surface area contributed by atoms with E-state index in [0.717, 1.165) is 13.1 Å². The molecule has 2 nitrogen and oxygen atoms in total. The van der Waals surface area contributed by atoms with Crippen LogP contribution in [0.15, 0.2) is 12.2 Å². The second kappa shape index (κ2) is 7.42. The van der Waals surface area contributed by atoms with Crippen LogP contribution in [0.1, 0.15) is 6.92 Å². The van der Waals surface area contributed by atoms with Crippen molar-refractivity contribution in [1.29, 1.82) is 0 Å². The van der Waals surface area contributed by atoms with Crippen LogP contribution in [-0.2, 0) is 0 Å². The Bertz CT molecular complexity index is 148. The van der Waals surface area contributed by atoms with Crippen molar-refractivity contribution in [2.75, 3.05) is 39.2 Å². The molecule has 1 unspecified atom stereocenters. The summed E-state index contributed by atoms with van der Waals surface area (Å²) >= 11 is 1.89. The van der Waals surface area contributed by atoms with Crippen LogP contribution in [0.5, 0.6) is 0 Å². The molecule has 0 fully saturated rings. The number of hydrogen-bond acceptors (Lipinski definition) is 3. The van der Waals surface area contributed by atoms with Crippen molar-refractivity contribution >= 4 is 11.8 Å². The van der Waals surface area contributed by atoms with Crippen LogP contribution in [0.25, 0.3) is 0 Å². The van der Waals surface area contributed by atoms with E-state index in [1.165, 1.54) is 11.3 Å². The third-order valence-electron chi connectivity index (χ3n) is 2.06. The molecule has 78 valence electrons. The van der Waals surface area contributed by atoms with Gasteiger partial charge in [-0.15, -0.1) is 0 Å². The van der Waals surface area contributed by atoms with Crippen molar-refractivity contribution in [3.63, 3.8) is 0 Å². The molecule has 1 atom stereocenters. The summed E-state index contributed by atoms with van der Waals surface area (Å²) in [6, 6.07) is 0.628. The molecule has 0 amide bonds. The van der Waals surface area contributed by atoms with Crippen LogP contribution in [0.4, 0.5) is 0 Å². The first-order valence-electron chi connectivity index (χ1n) is 4.62. The molecule has 0 heterocycles. The van der Waals surface area contributed by atoms with Crippen molar-refractivity contribution in [2.24, 2.45) is 0 Å². The van der Waals surface area contributed by atoms with Crippen LogP contribution in [-0.4, -0.2) is 50.1 Å². The van der Waals surface area contributed by atoms with Crippen LogP contribution in [0.2, 0.25) is 0 Å². The van der Waals surface area contributed by atoms with Crippen LogP contribution < -0.4 is 5.32 Å². The van der Waals surface area contributed by atoms with Gasteiger partial charge in [0, 0.05) is 24.9 Å². The van der Waals surface area contributed by atoms with Crippen molar-refractivity contribution in [2.45, 2.75) is 13.0 Å².